The van der Waals surface area contributed by atoms with Crippen LogP contribution in [0.2, 0.25) is 0 Å². The quantitative estimate of drug-likeness (QED) is 0.163. The molecule has 0 aliphatic carbocycles. The van der Waals surface area contributed by atoms with E-state index in [1.807, 2.05) is 6.07 Å². The lowest BCUT2D eigenvalue weighted by molar-refractivity contribution is 0.681. The van der Waals surface area contributed by atoms with Crippen molar-refractivity contribution in [1.82, 2.24) is 9.13 Å². The van der Waals surface area contributed by atoms with E-state index in [0.717, 1.165) is 46.9 Å². The first-order chi connectivity index (χ1) is 28.3. The fraction of sp³-hybridized carbons (Fsp3) is 0.0566. The molecule has 10 aromatic rings. The van der Waals surface area contributed by atoms with Crippen LogP contribution in [0.25, 0.3) is 66.1 Å². The van der Waals surface area contributed by atoms with Gasteiger partial charge in [-0.25, -0.2) is 4.99 Å². The molecule has 4 nitrogen and oxygen atoms in total. The first kappa shape index (κ1) is 33.1. The number of aromatic nitrogens is 2. The molecule has 0 saturated heterocycles. The lowest BCUT2D eigenvalue weighted by atomic mass is 9.95. The molecule has 4 heteroatoms. The van der Waals surface area contributed by atoms with Gasteiger partial charge in [-0.1, -0.05) is 146 Å². The van der Waals surface area contributed by atoms with E-state index in [2.05, 4.69) is 203 Å². The molecule has 8 aromatic carbocycles. The Bertz CT molecular complexity index is 3170. The lowest BCUT2D eigenvalue weighted by Crippen LogP contribution is -2.04. The SMILES string of the molecule is c1ccc(C2=NC(c3ccccc3)=NC(c3cccc(-c4ccc5c6ccccc6n(-c6ccc7c(c6)c6ccccc6n7-c6ccccc6)c5c4)c3)CC2)cc1. The highest BCUT2D eigenvalue weighted by molar-refractivity contribution is 6.14. The van der Waals surface area contributed by atoms with Gasteiger partial charge in [0.05, 0.1) is 33.8 Å². The maximum absolute atomic E-state index is 5.35. The number of benzene rings is 8. The number of hydrogen-bond acceptors (Lipinski definition) is 2. The summed E-state index contributed by atoms with van der Waals surface area (Å²) in [5, 5.41) is 4.97. The first-order valence-corrected chi connectivity index (χ1v) is 19.8. The third-order valence-corrected chi connectivity index (χ3v) is 11.5. The average molecular weight is 731 g/mol. The van der Waals surface area contributed by atoms with Gasteiger partial charge in [0.15, 0.2) is 5.84 Å². The Hall–Kier alpha value is -7.30. The van der Waals surface area contributed by atoms with Gasteiger partial charge in [-0.2, -0.15) is 0 Å². The van der Waals surface area contributed by atoms with E-state index in [9.17, 15) is 0 Å². The molecule has 0 bridgehead atoms. The first-order valence-electron chi connectivity index (χ1n) is 19.8. The van der Waals surface area contributed by atoms with Crippen LogP contribution in [0.3, 0.4) is 0 Å². The van der Waals surface area contributed by atoms with E-state index in [4.69, 9.17) is 9.98 Å². The Labute approximate surface area is 331 Å². The molecular weight excluding hydrogens is 693 g/mol. The van der Waals surface area contributed by atoms with Gasteiger partial charge in [0, 0.05) is 38.5 Å². The van der Waals surface area contributed by atoms with Crippen molar-refractivity contribution < 1.29 is 0 Å². The summed E-state index contributed by atoms with van der Waals surface area (Å²) >= 11 is 0. The standard InChI is InChI=1S/C53H38N4/c1-4-15-36(16-5-1)47-30-31-48(55-53(54-47)37-17-6-2-7-18-37)40-20-14-19-38(33-40)39-27-29-45-43-23-10-12-25-49(43)57(52(45)34-39)42-28-32-51-46(35-42)44-24-11-13-26-50(44)56(51)41-21-8-3-9-22-41/h1-29,32-35,48H,30-31H2. The highest BCUT2D eigenvalue weighted by Gasteiger charge is 2.21. The zero-order chi connectivity index (χ0) is 37.7. The molecular formula is C53H38N4. The molecule has 1 unspecified atom stereocenters. The topological polar surface area (TPSA) is 34.6 Å². The van der Waals surface area contributed by atoms with Gasteiger partial charge in [-0.3, -0.25) is 4.99 Å². The second-order valence-corrected chi connectivity index (χ2v) is 14.9. The zero-order valence-electron chi connectivity index (χ0n) is 31.3. The van der Waals surface area contributed by atoms with Crippen molar-refractivity contribution in [1.29, 1.82) is 0 Å². The normalized spacial score (nSPS) is 14.6. The van der Waals surface area contributed by atoms with Gasteiger partial charge in [0.1, 0.15) is 0 Å². The Kier molecular flexibility index (Phi) is 7.99. The highest BCUT2D eigenvalue weighted by atomic mass is 15.0. The molecule has 0 radical (unpaired) electrons. The molecule has 11 rings (SSSR count). The second-order valence-electron chi connectivity index (χ2n) is 14.9. The van der Waals surface area contributed by atoms with Crippen LogP contribution in [-0.2, 0) is 0 Å². The van der Waals surface area contributed by atoms with E-state index in [0.29, 0.717) is 0 Å². The molecule has 1 atom stereocenters. The smallest absolute Gasteiger partial charge is 0.155 e. The van der Waals surface area contributed by atoms with Crippen LogP contribution in [0, 0.1) is 0 Å². The molecule has 0 N–H and O–H groups in total. The van der Waals surface area contributed by atoms with Gasteiger partial charge >= 0.3 is 0 Å². The highest BCUT2D eigenvalue weighted by Crippen LogP contribution is 2.39. The monoisotopic (exact) mass is 730 g/mol. The van der Waals surface area contributed by atoms with Crippen molar-refractivity contribution in [3.8, 4) is 22.5 Å². The van der Waals surface area contributed by atoms with Crippen molar-refractivity contribution in [2.45, 2.75) is 18.9 Å². The number of amidine groups is 1. The van der Waals surface area contributed by atoms with Crippen LogP contribution in [0.15, 0.2) is 210 Å². The number of rotatable bonds is 6. The Morgan fingerprint density at radius 3 is 1.72 bits per heavy atom. The van der Waals surface area contributed by atoms with Crippen LogP contribution in [0.1, 0.15) is 35.6 Å². The summed E-state index contributed by atoms with van der Waals surface area (Å²) in [7, 11) is 0. The molecule has 57 heavy (non-hydrogen) atoms. The summed E-state index contributed by atoms with van der Waals surface area (Å²) in [4.78, 5) is 10.5. The van der Waals surface area contributed by atoms with Crippen molar-refractivity contribution in [3.63, 3.8) is 0 Å². The minimum absolute atomic E-state index is 0.0231. The predicted molar refractivity (Wildman–Crippen MR) is 238 cm³/mol. The summed E-state index contributed by atoms with van der Waals surface area (Å²) < 4.78 is 4.82. The van der Waals surface area contributed by atoms with Crippen LogP contribution in [0.4, 0.5) is 0 Å². The molecule has 270 valence electrons. The van der Waals surface area contributed by atoms with Crippen LogP contribution < -0.4 is 0 Å². The second kappa shape index (κ2) is 13.8. The minimum Gasteiger partial charge on any atom is -0.309 e. The third kappa shape index (κ3) is 5.77. The number of para-hydroxylation sites is 3. The molecule has 0 saturated carbocycles. The van der Waals surface area contributed by atoms with Gasteiger partial charge in [0.2, 0.25) is 0 Å². The molecule has 0 spiro atoms. The lowest BCUT2D eigenvalue weighted by Gasteiger charge is -2.14. The van der Waals surface area contributed by atoms with E-state index in [1.54, 1.807) is 0 Å². The van der Waals surface area contributed by atoms with E-state index >= 15 is 0 Å². The summed E-state index contributed by atoms with van der Waals surface area (Å²) in [6, 6.07) is 71.9. The third-order valence-electron chi connectivity index (χ3n) is 11.5. The summed E-state index contributed by atoms with van der Waals surface area (Å²) in [5.74, 6) is 0.789. The molecule has 2 aromatic heterocycles. The summed E-state index contributed by atoms with van der Waals surface area (Å²) in [5.41, 5.74) is 13.9. The Morgan fingerprint density at radius 1 is 0.386 bits per heavy atom. The molecule has 1 aliphatic rings. The number of hydrogen-bond donors (Lipinski definition) is 0. The largest absolute Gasteiger partial charge is 0.309 e. The van der Waals surface area contributed by atoms with E-state index in [-0.39, 0.29) is 6.04 Å². The van der Waals surface area contributed by atoms with Gasteiger partial charge in [-0.15, -0.1) is 0 Å². The predicted octanol–water partition coefficient (Wildman–Crippen LogP) is 13.3. The van der Waals surface area contributed by atoms with Crippen molar-refractivity contribution in [2.24, 2.45) is 9.98 Å². The Balaban J connectivity index is 1.03. The number of aliphatic imine (C=N–C) groups is 2. The summed E-state index contributed by atoms with van der Waals surface area (Å²) in [6.07, 6.45) is 1.73. The molecule has 0 amide bonds. The van der Waals surface area contributed by atoms with Crippen LogP contribution in [-0.4, -0.2) is 20.7 Å². The van der Waals surface area contributed by atoms with Crippen LogP contribution in [0.5, 0.6) is 0 Å². The summed E-state index contributed by atoms with van der Waals surface area (Å²) in [6.45, 7) is 0. The molecule has 0 fully saturated rings. The van der Waals surface area contributed by atoms with E-state index < -0.39 is 0 Å². The van der Waals surface area contributed by atoms with Crippen molar-refractivity contribution in [3.05, 3.63) is 217 Å². The van der Waals surface area contributed by atoms with Gasteiger partial charge in [-0.05, 0) is 89.7 Å². The average Bonchev–Trinajstić information content (AvgIpc) is 3.68. The fourth-order valence-corrected chi connectivity index (χ4v) is 8.81. The maximum Gasteiger partial charge on any atom is 0.155 e. The molecule has 3 heterocycles. The number of fused-ring (bicyclic) bond motifs is 6. The zero-order valence-corrected chi connectivity index (χ0v) is 31.3. The van der Waals surface area contributed by atoms with Crippen LogP contribution >= 0.6 is 0 Å². The number of nitrogens with zero attached hydrogens (tertiary/aromatic N) is 4. The molecule has 1 aliphatic heterocycles. The minimum atomic E-state index is -0.0231. The van der Waals surface area contributed by atoms with Crippen molar-refractivity contribution >= 4 is 55.2 Å². The van der Waals surface area contributed by atoms with E-state index in [1.165, 1.54) is 60.3 Å². The Morgan fingerprint density at radius 2 is 0.965 bits per heavy atom. The fourth-order valence-electron chi connectivity index (χ4n) is 8.81. The van der Waals surface area contributed by atoms with Gasteiger partial charge in [0.25, 0.3) is 0 Å². The van der Waals surface area contributed by atoms with Gasteiger partial charge < -0.3 is 9.13 Å². The maximum atomic E-state index is 5.35. The van der Waals surface area contributed by atoms with Crippen molar-refractivity contribution in [2.75, 3.05) is 0 Å².